The molecule has 3 rings (SSSR count). The van der Waals surface area contributed by atoms with Crippen molar-refractivity contribution < 1.29 is 4.39 Å². The summed E-state index contributed by atoms with van der Waals surface area (Å²) in [6, 6.07) is 5.62. The molecule has 1 heterocycles. The topological polar surface area (TPSA) is 44.0 Å². The van der Waals surface area contributed by atoms with Crippen LogP contribution in [-0.2, 0) is 6.54 Å². The van der Waals surface area contributed by atoms with Crippen molar-refractivity contribution in [1.82, 2.24) is 9.13 Å². The van der Waals surface area contributed by atoms with Crippen molar-refractivity contribution >= 4 is 0 Å². The first-order valence-electron chi connectivity index (χ1n) is 6.23. The predicted octanol–water partition coefficient (Wildman–Crippen LogP) is 1.55. The van der Waals surface area contributed by atoms with Crippen molar-refractivity contribution in [2.24, 2.45) is 5.92 Å². The molecule has 0 radical (unpaired) electrons. The molecule has 0 N–H and O–H groups in total. The van der Waals surface area contributed by atoms with E-state index in [0.717, 1.165) is 12.8 Å². The average molecular weight is 260 g/mol. The Morgan fingerprint density at radius 1 is 1.16 bits per heavy atom. The van der Waals surface area contributed by atoms with Crippen LogP contribution < -0.4 is 11.1 Å². The molecule has 4 nitrogen and oxygen atoms in total. The average Bonchev–Trinajstić information content (AvgIpc) is 3.19. The maximum absolute atomic E-state index is 13.1. The Hall–Kier alpha value is -2.17. The van der Waals surface area contributed by atoms with E-state index in [4.69, 9.17) is 0 Å². The summed E-state index contributed by atoms with van der Waals surface area (Å²) < 4.78 is 15.8. The first-order chi connectivity index (χ1) is 9.15. The zero-order valence-electron chi connectivity index (χ0n) is 10.3. The van der Waals surface area contributed by atoms with Crippen molar-refractivity contribution in [2.45, 2.75) is 19.4 Å². The molecule has 19 heavy (non-hydrogen) atoms. The SMILES string of the molecule is O=c1c(=O)n(-c2cccc(F)c2)ccn1CC1CC1. The van der Waals surface area contributed by atoms with Gasteiger partial charge in [-0.2, -0.15) is 0 Å². The molecule has 1 aliphatic carbocycles. The monoisotopic (exact) mass is 260 g/mol. The van der Waals surface area contributed by atoms with Gasteiger partial charge in [-0.3, -0.25) is 14.2 Å². The van der Waals surface area contributed by atoms with Gasteiger partial charge in [-0.15, -0.1) is 0 Å². The van der Waals surface area contributed by atoms with Crippen molar-refractivity contribution in [1.29, 1.82) is 0 Å². The number of hydrogen-bond acceptors (Lipinski definition) is 2. The minimum Gasteiger partial charge on any atom is -0.309 e. The second-order valence-electron chi connectivity index (χ2n) is 4.85. The van der Waals surface area contributed by atoms with Crippen LogP contribution in [0.4, 0.5) is 4.39 Å². The Bertz CT molecular complexity index is 729. The summed E-state index contributed by atoms with van der Waals surface area (Å²) in [5.74, 6) is 0.0775. The molecule has 1 aromatic carbocycles. The maximum atomic E-state index is 13.1. The number of halogens is 1. The van der Waals surface area contributed by atoms with Gasteiger partial charge in [0, 0.05) is 18.9 Å². The second kappa shape index (κ2) is 4.50. The van der Waals surface area contributed by atoms with Crippen LogP contribution in [0.25, 0.3) is 5.69 Å². The fraction of sp³-hybridized carbons (Fsp3) is 0.286. The smallest absolute Gasteiger partial charge is 0.309 e. The van der Waals surface area contributed by atoms with Gasteiger partial charge in [-0.25, -0.2) is 4.39 Å². The number of rotatable bonds is 3. The largest absolute Gasteiger partial charge is 0.320 e. The number of benzene rings is 1. The lowest BCUT2D eigenvalue weighted by molar-refractivity contribution is 0.591. The van der Waals surface area contributed by atoms with Crippen LogP contribution in [0.5, 0.6) is 0 Å². The second-order valence-corrected chi connectivity index (χ2v) is 4.85. The van der Waals surface area contributed by atoms with E-state index in [0.29, 0.717) is 18.2 Å². The van der Waals surface area contributed by atoms with E-state index in [-0.39, 0.29) is 0 Å². The van der Waals surface area contributed by atoms with Gasteiger partial charge in [0.25, 0.3) is 0 Å². The van der Waals surface area contributed by atoms with E-state index in [9.17, 15) is 14.0 Å². The van der Waals surface area contributed by atoms with Crippen LogP contribution in [0.15, 0.2) is 46.2 Å². The minimum atomic E-state index is -0.645. The zero-order valence-corrected chi connectivity index (χ0v) is 10.3. The summed E-state index contributed by atoms with van der Waals surface area (Å²) in [6.45, 7) is 0.595. The number of nitrogens with zero attached hydrogens (tertiary/aromatic N) is 2. The van der Waals surface area contributed by atoms with Gasteiger partial charge in [0.1, 0.15) is 5.82 Å². The van der Waals surface area contributed by atoms with Crippen molar-refractivity contribution in [3.05, 3.63) is 63.2 Å². The molecule has 2 aromatic rings. The standard InChI is InChI=1S/C14H13FN2O2/c15-11-2-1-3-12(8-11)17-7-6-16(9-10-4-5-10)13(18)14(17)19/h1-3,6-8,10H,4-5,9H2. The van der Waals surface area contributed by atoms with Crippen molar-refractivity contribution in [3.8, 4) is 5.69 Å². The van der Waals surface area contributed by atoms with Crippen LogP contribution in [0.3, 0.4) is 0 Å². The minimum absolute atomic E-state index is 0.362. The first-order valence-corrected chi connectivity index (χ1v) is 6.23. The van der Waals surface area contributed by atoms with Crippen LogP contribution in [0.2, 0.25) is 0 Å². The van der Waals surface area contributed by atoms with Crippen LogP contribution in [0.1, 0.15) is 12.8 Å². The molecular formula is C14H13FN2O2. The van der Waals surface area contributed by atoms with Gasteiger partial charge < -0.3 is 4.57 Å². The molecule has 0 aliphatic heterocycles. The molecule has 0 bridgehead atoms. The van der Waals surface area contributed by atoms with Gasteiger partial charge in [-0.1, -0.05) is 6.07 Å². The molecule has 0 spiro atoms. The fourth-order valence-corrected chi connectivity index (χ4v) is 2.06. The molecule has 1 fully saturated rings. The highest BCUT2D eigenvalue weighted by Crippen LogP contribution is 2.29. The Kier molecular flexibility index (Phi) is 2.81. The first kappa shape index (κ1) is 11.9. The van der Waals surface area contributed by atoms with Gasteiger partial charge in [-0.05, 0) is 37.0 Å². The summed E-state index contributed by atoms with van der Waals surface area (Å²) in [5, 5.41) is 0. The van der Waals surface area contributed by atoms with E-state index >= 15 is 0 Å². The van der Waals surface area contributed by atoms with Gasteiger partial charge in [0.15, 0.2) is 0 Å². The summed E-state index contributed by atoms with van der Waals surface area (Å²) in [6.07, 6.45) is 5.33. The molecule has 0 unspecified atom stereocenters. The third-order valence-corrected chi connectivity index (χ3v) is 3.30. The van der Waals surface area contributed by atoms with E-state index in [1.807, 2.05) is 0 Å². The lowest BCUT2D eigenvalue weighted by Gasteiger charge is -2.08. The molecule has 0 saturated heterocycles. The summed E-state index contributed by atoms with van der Waals surface area (Å²) in [4.78, 5) is 24.0. The van der Waals surface area contributed by atoms with Gasteiger partial charge >= 0.3 is 11.1 Å². The molecule has 1 aliphatic rings. The molecule has 1 aromatic heterocycles. The third kappa shape index (κ3) is 2.36. The predicted molar refractivity (Wildman–Crippen MR) is 69.0 cm³/mol. The number of hydrogen-bond donors (Lipinski definition) is 0. The Morgan fingerprint density at radius 2 is 1.95 bits per heavy atom. The van der Waals surface area contributed by atoms with E-state index < -0.39 is 16.9 Å². The van der Waals surface area contributed by atoms with Gasteiger partial charge in [0.2, 0.25) is 0 Å². The molecule has 98 valence electrons. The van der Waals surface area contributed by atoms with Crippen molar-refractivity contribution in [2.75, 3.05) is 0 Å². The van der Waals surface area contributed by atoms with Crippen LogP contribution >= 0.6 is 0 Å². The third-order valence-electron chi connectivity index (χ3n) is 3.30. The lowest BCUT2D eigenvalue weighted by atomic mass is 10.3. The van der Waals surface area contributed by atoms with Crippen LogP contribution in [-0.4, -0.2) is 9.13 Å². The molecule has 5 heteroatoms. The summed E-state index contributed by atoms with van der Waals surface area (Å²) in [5.41, 5.74) is -0.840. The molecule has 1 saturated carbocycles. The van der Waals surface area contributed by atoms with Gasteiger partial charge in [0.05, 0.1) is 5.69 Å². The highest BCUT2D eigenvalue weighted by Gasteiger charge is 2.22. The normalized spacial score (nSPS) is 14.6. The quantitative estimate of drug-likeness (QED) is 0.786. The Labute approximate surface area is 108 Å². The molecular weight excluding hydrogens is 247 g/mol. The molecule has 0 amide bonds. The summed E-state index contributed by atoms with van der Waals surface area (Å²) in [7, 11) is 0. The zero-order chi connectivity index (χ0) is 13.4. The summed E-state index contributed by atoms with van der Waals surface area (Å²) >= 11 is 0. The highest BCUT2D eigenvalue weighted by atomic mass is 19.1. The Balaban J connectivity index is 2.06. The van der Waals surface area contributed by atoms with Crippen molar-refractivity contribution in [3.63, 3.8) is 0 Å². The molecule has 0 atom stereocenters. The van der Waals surface area contributed by atoms with E-state index in [1.54, 1.807) is 12.3 Å². The van der Waals surface area contributed by atoms with Crippen LogP contribution in [0, 0.1) is 11.7 Å². The highest BCUT2D eigenvalue weighted by molar-refractivity contribution is 5.31. The Morgan fingerprint density at radius 3 is 2.63 bits per heavy atom. The van der Waals surface area contributed by atoms with E-state index in [2.05, 4.69) is 0 Å². The maximum Gasteiger partial charge on any atom is 0.320 e. The fourth-order valence-electron chi connectivity index (χ4n) is 2.06. The van der Waals surface area contributed by atoms with E-state index in [1.165, 1.54) is 33.5 Å². The lowest BCUT2D eigenvalue weighted by Crippen LogP contribution is -2.40. The number of aromatic nitrogens is 2.